The number of H-pyrrole nitrogens is 1. The van der Waals surface area contributed by atoms with E-state index >= 15 is 0 Å². The molecule has 0 aliphatic carbocycles. The van der Waals surface area contributed by atoms with Gasteiger partial charge < -0.3 is 14.9 Å². The van der Waals surface area contributed by atoms with Gasteiger partial charge in [0.05, 0.1) is 6.61 Å². The van der Waals surface area contributed by atoms with Gasteiger partial charge in [0.1, 0.15) is 12.2 Å². The van der Waals surface area contributed by atoms with Crippen LogP contribution in [0.4, 0.5) is 0 Å². The Morgan fingerprint density at radius 3 is 2.83 bits per heavy atom. The first kappa shape index (κ1) is 13.0. The topological polar surface area (TPSA) is 105 Å². The van der Waals surface area contributed by atoms with E-state index in [0.29, 0.717) is 0 Å². The Labute approximate surface area is 106 Å². The molecule has 1 unspecified atom stereocenters. The van der Waals surface area contributed by atoms with E-state index in [4.69, 9.17) is 21.4 Å². The van der Waals surface area contributed by atoms with Gasteiger partial charge in [-0.1, -0.05) is 11.6 Å². The average Bonchev–Trinajstić information content (AvgIpc) is 2.65. The summed E-state index contributed by atoms with van der Waals surface area (Å²) in [6.07, 6.45) is -1.67. The van der Waals surface area contributed by atoms with E-state index in [2.05, 4.69) is 4.98 Å². The van der Waals surface area contributed by atoms with Crippen molar-refractivity contribution in [2.45, 2.75) is 18.4 Å². The molecule has 1 fully saturated rings. The quantitative estimate of drug-likeness (QED) is 0.636. The minimum atomic E-state index is -1.10. The lowest BCUT2D eigenvalue weighted by molar-refractivity contribution is -0.0447. The van der Waals surface area contributed by atoms with Gasteiger partial charge in [-0.05, 0) is 0 Å². The van der Waals surface area contributed by atoms with Crippen LogP contribution < -0.4 is 11.2 Å². The van der Waals surface area contributed by atoms with Gasteiger partial charge >= 0.3 is 5.69 Å². The molecule has 2 heterocycles. The Kier molecular flexibility index (Phi) is 3.67. The van der Waals surface area contributed by atoms with Gasteiger partial charge in [0.15, 0.2) is 6.23 Å². The molecule has 0 spiro atoms. The number of aromatic nitrogens is 2. The summed E-state index contributed by atoms with van der Waals surface area (Å²) in [6.45, 7) is -0.413. The highest BCUT2D eigenvalue weighted by Gasteiger charge is 2.39. The van der Waals surface area contributed by atoms with Crippen molar-refractivity contribution in [2.24, 2.45) is 0 Å². The molecule has 0 aromatic carbocycles. The second-order valence-electron chi connectivity index (χ2n) is 3.78. The van der Waals surface area contributed by atoms with Crippen LogP contribution in [-0.4, -0.2) is 38.6 Å². The second kappa shape index (κ2) is 5.07. The van der Waals surface area contributed by atoms with E-state index in [9.17, 15) is 14.7 Å². The minimum Gasteiger partial charge on any atom is -0.394 e. The standard InChI is InChI=1S/C10H11ClN2O5/c11-3-5-8(16)6(4-14)18-9(5)13-2-1-7(15)12-10(13)17/h1-3,6,8-9,14,16H,4H2,(H,12,15,17)/b5-3-/t6-,8?,9-/m0/s1. The SMILES string of the molecule is O=c1ccn([C@H]2O[C@@H](CO)C(O)/C2=C/Cl)c(=O)[nH]1. The van der Waals surface area contributed by atoms with Gasteiger partial charge in [-0.15, -0.1) is 0 Å². The van der Waals surface area contributed by atoms with Crippen molar-refractivity contribution < 1.29 is 14.9 Å². The minimum absolute atomic E-state index is 0.241. The third-order valence-corrected chi connectivity index (χ3v) is 2.94. The highest BCUT2D eigenvalue weighted by Crippen LogP contribution is 2.33. The molecule has 1 aliphatic rings. The van der Waals surface area contributed by atoms with Crippen molar-refractivity contribution >= 4 is 11.6 Å². The van der Waals surface area contributed by atoms with Crippen molar-refractivity contribution in [1.29, 1.82) is 0 Å². The predicted molar refractivity (Wildman–Crippen MR) is 62.3 cm³/mol. The molecule has 7 nitrogen and oxygen atoms in total. The van der Waals surface area contributed by atoms with Crippen molar-refractivity contribution in [3.8, 4) is 0 Å². The number of rotatable bonds is 2. The molecule has 0 bridgehead atoms. The Balaban J connectivity index is 2.45. The van der Waals surface area contributed by atoms with E-state index in [1.54, 1.807) is 0 Å². The van der Waals surface area contributed by atoms with Crippen LogP contribution in [-0.2, 0) is 4.74 Å². The van der Waals surface area contributed by atoms with E-state index in [0.717, 1.165) is 16.2 Å². The molecule has 3 N–H and O–H groups in total. The van der Waals surface area contributed by atoms with Crippen molar-refractivity contribution in [2.75, 3.05) is 6.61 Å². The van der Waals surface area contributed by atoms with E-state index in [1.807, 2.05) is 0 Å². The smallest absolute Gasteiger partial charge is 0.330 e. The van der Waals surface area contributed by atoms with Gasteiger partial charge in [0.2, 0.25) is 0 Å². The monoisotopic (exact) mass is 274 g/mol. The van der Waals surface area contributed by atoms with Gasteiger partial charge in [-0.25, -0.2) is 4.79 Å². The number of aliphatic hydroxyl groups excluding tert-OH is 2. The lowest BCUT2D eigenvalue weighted by Gasteiger charge is -2.14. The number of ether oxygens (including phenoxy) is 1. The molecule has 3 atom stereocenters. The molecule has 18 heavy (non-hydrogen) atoms. The lowest BCUT2D eigenvalue weighted by Crippen LogP contribution is -2.32. The van der Waals surface area contributed by atoms with Gasteiger partial charge in [-0.3, -0.25) is 14.3 Å². The van der Waals surface area contributed by atoms with E-state index in [-0.39, 0.29) is 5.57 Å². The largest absolute Gasteiger partial charge is 0.394 e. The van der Waals surface area contributed by atoms with Gasteiger partial charge in [0, 0.05) is 23.4 Å². The molecule has 2 rings (SSSR count). The Morgan fingerprint density at radius 1 is 1.56 bits per heavy atom. The van der Waals surface area contributed by atoms with Gasteiger partial charge in [-0.2, -0.15) is 0 Å². The summed E-state index contributed by atoms with van der Waals surface area (Å²) in [4.78, 5) is 24.6. The highest BCUT2D eigenvalue weighted by atomic mass is 35.5. The van der Waals surface area contributed by atoms with Crippen LogP contribution in [0.15, 0.2) is 33.0 Å². The third kappa shape index (κ3) is 2.13. The Bertz CT molecular complexity index is 578. The summed E-state index contributed by atoms with van der Waals surface area (Å²) in [6, 6.07) is 1.15. The fourth-order valence-electron chi connectivity index (χ4n) is 1.78. The molecule has 1 aliphatic heterocycles. The van der Waals surface area contributed by atoms with Crippen molar-refractivity contribution in [3.63, 3.8) is 0 Å². The fourth-order valence-corrected chi connectivity index (χ4v) is 2.02. The second-order valence-corrected chi connectivity index (χ2v) is 4.00. The summed E-state index contributed by atoms with van der Waals surface area (Å²) in [7, 11) is 0. The molecule has 8 heteroatoms. The predicted octanol–water partition coefficient (Wildman–Crippen LogP) is -1.09. The van der Waals surface area contributed by atoms with Crippen LogP contribution >= 0.6 is 11.6 Å². The van der Waals surface area contributed by atoms with Crippen LogP contribution in [0.2, 0.25) is 0 Å². The zero-order valence-electron chi connectivity index (χ0n) is 9.12. The van der Waals surface area contributed by atoms with Crippen LogP contribution in [0.25, 0.3) is 0 Å². The zero-order chi connectivity index (χ0) is 13.3. The highest BCUT2D eigenvalue weighted by molar-refractivity contribution is 6.25. The maximum Gasteiger partial charge on any atom is 0.330 e. The molecule has 1 aromatic rings. The number of nitrogens with one attached hydrogen (secondary N) is 1. The van der Waals surface area contributed by atoms with Crippen molar-refractivity contribution in [1.82, 2.24) is 9.55 Å². The Hall–Kier alpha value is -1.41. The summed E-state index contributed by atoms with van der Waals surface area (Å²) in [5, 5.41) is 18.8. The van der Waals surface area contributed by atoms with E-state index < -0.39 is 36.3 Å². The number of aromatic amines is 1. The normalized spacial score (nSPS) is 29.9. The number of hydrogen-bond donors (Lipinski definition) is 3. The molecule has 0 radical (unpaired) electrons. The molecule has 0 saturated carbocycles. The summed E-state index contributed by atoms with van der Waals surface area (Å²) < 4.78 is 6.40. The molecular weight excluding hydrogens is 264 g/mol. The maximum atomic E-state index is 11.6. The molecule has 1 saturated heterocycles. The number of halogens is 1. The van der Waals surface area contributed by atoms with Gasteiger partial charge in [0.25, 0.3) is 5.56 Å². The first-order valence-electron chi connectivity index (χ1n) is 5.14. The summed E-state index contributed by atoms with van der Waals surface area (Å²) in [5.74, 6) is 0. The molecule has 0 amide bonds. The first-order chi connectivity index (χ1) is 8.58. The van der Waals surface area contributed by atoms with Crippen LogP contribution in [0.5, 0.6) is 0 Å². The first-order valence-corrected chi connectivity index (χ1v) is 5.58. The fraction of sp³-hybridized carbons (Fsp3) is 0.400. The number of aliphatic hydroxyl groups is 2. The molecular formula is C10H11ClN2O5. The van der Waals surface area contributed by atoms with Crippen molar-refractivity contribution in [3.05, 3.63) is 44.2 Å². The van der Waals surface area contributed by atoms with Crippen LogP contribution in [0.3, 0.4) is 0 Å². The average molecular weight is 275 g/mol. The zero-order valence-corrected chi connectivity index (χ0v) is 9.87. The Morgan fingerprint density at radius 2 is 2.28 bits per heavy atom. The number of nitrogens with zero attached hydrogens (tertiary/aromatic N) is 1. The third-order valence-electron chi connectivity index (χ3n) is 2.69. The maximum absolute atomic E-state index is 11.6. The summed E-state index contributed by atoms with van der Waals surface area (Å²) >= 11 is 5.58. The number of hydrogen-bond acceptors (Lipinski definition) is 5. The molecule has 1 aromatic heterocycles. The molecule has 98 valence electrons. The lowest BCUT2D eigenvalue weighted by atomic mass is 10.1. The van der Waals surface area contributed by atoms with Crippen LogP contribution in [0.1, 0.15) is 6.23 Å². The van der Waals surface area contributed by atoms with Crippen LogP contribution in [0, 0.1) is 0 Å². The van der Waals surface area contributed by atoms with E-state index in [1.165, 1.54) is 6.20 Å². The summed E-state index contributed by atoms with van der Waals surface area (Å²) in [5.41, 5.74) is 0.117.